The molecule has 1 unspecified atom stereocenters. The van der Waals surface area contributed by atoms with Crippen molar-refractivity contribution in [1.82, 2.24) is 5.32 Å². The molecule has 0 aliphatic carbocycles. The maximum atomic E-state index is 6.12. The number of ether oxygens (including phenoxy) is 1. The van der Waals surface area contributed by atoms with E-state index in [1.54, 1.807) is 0 Å². The van der Waals surface area contributed by atoms with Crippen molar-refractivity contribution in [3.63, 3.8) is 0 Å². The lowest BCUT2D eigenvalue weighted by Crippen LogP contribution is -2.30. The van der Waals surface area contributed by atoms with Crippen LogP contribution in [0.4, 0.5) is 0 Å². The van der Waals surface area contributed by atoms with Crippen molar-refractivity contribution in [2.45, 2.75) is 26.4 Å². The van der Waals surface area contributed by atoms with E-state index >= 15 is 0 Å². The second-order valence-corrected chi connectivity index (χ2v) is 5.00. The summed E-state index contributed by atoms with van der Waals surface area (Å²) >= 11 is 9.50. The molecule has 0 amide bonds. The average molecular weight is 307 g/mol. The molecule has 0 heterocycles. The molecule has 1 aromatic rings. The summed E-state index contributed by atoms with van der Waals surface area (Å²) in [7, 11) is 0. The van der Waals surface area contributed by atoms with E-state index in [1.165, 1.54) is 0 Å². The molecular formula is C12H17BrClNO. The normalized spacial score (nSPS) is 12.8. The largest absolute Gasteiger partial charge is 0.380 e. The van der Waals surface area contributed by atoms with Gasteiger partial charge in [0.25, 0.3) is 0 Å². The van der Waals surface area contributed by atoms with Crippen molar-refractivity contribution < 1.29 is 4.74 Å². The van der Waals surface area contributed by atoms with Gasteiger partial charge in [0, 0.05) is 28.7 Å². The van der Waals surface area contributed by atoms with Gasteiger partial charge in [-0.2, -0.15) is 0 Å². The van der Waals surface area contributed by atoms with Gasteiger partial charge >= 0.3 is 0 Å². The molecule has 0 spiro atoms. The number of benzene rings is 1. The number of hydrogen-bond acceptors (Lipinski definition) is 2. The van der Waals surface area contributed by atoms with Crippen LogP contribution in [0, 0.1) is 0 Å². The van der Waals surface area contributed by atoms with Crippen LogP contribution in [-0.2, 0) is 11.3 Å². The zero-order valence-corrected chi connectivity index (χ0v) is 11.9. The van der Waals surface area contributed by atoms with Crippen molar-refractivity contribution in [3.05, 3.63) is 33.3 Å². The molecule has 0 saturated heterocycles. The quantitative estimate of drug-likeness (QED) is 0.867. The molecule has 1 atom stereocenters. The van der Waals surface area contributed by atoms with Gasteiger partial charge in [-0.3, -0.25) is 0 Å². The highest BCUT2D eigenvalue weighted by molar-refractivity contribution is 9.10. The lowest BCUT2D eigenvalue weighted by atomic mass is 10.2. The van der Waals surface area contributed by atoms with Crippen LogP contribution in [-0.4, -0.2) is 19.3 Å². The fraction of sp³-hybridized carbons (Fsp3) is 0.500. The van der Waals surface area contributed by atoms with E-state index in [9.17, 15) is 0 Å². The van der Waals surface area contributed by atoms with E-state index in [0.717, 1.165) is 34.8 Å². The Hall–Kier alpha value is -0.0900. The highest BCUT2D eigenvalue weighted by Gasteiger charge is 2.04. The molecule has 16 heavy (non-hydrogen) atoms. The molecule has 90 valence electrons. The van der Waals surface area contributed by atoms with Crippen LogP contribution in [0.1, 0.15) is 19.4 Å². The first-order chi connectivity index (χ1) is 7.63. The summed E-state index contributed by atoms with van der Waals surface area (Å²) in [5, 5.41) is 4.15. The van der Waals surface area contributed by atoms with E-state index in [0.29, 0.717) is 6.04 Å². The monoisotopic (exact) mass is 305 g/mol. The summed E-state index contributed by atoms with van der Waals surface area (Å²) in [5.74, 6) is 0. The van der Waals surface area contributed by atoms with Crippen LogP contribution in [0.3, 0.4) is 0 Å². The minimum Gasteiger partial charge on any atom is -0.380 e. The van der Waals surface area contributed by atoms with Crippen molar-refractivity contribution in [1.29, 1.82) is 0 Å². The minimum atomic E-state index is 0.333. The molecular weight excluding hydrogens is 289 g/mol. The third kappa shape index (κ3) is 4.83. The van der Waals surface area contributed by atoms with Crippen LogP contribution < -0.4 is 5.32 Å². The highest BCUT2D eigenvalue weighted by atomic mass is 79.9. The number of hydrogen-bond donors (Lipinski definition) is 1. The zero-order chi connectivity index (χ0) is 12.0. The Balaban J connectivity index is 2.42. The first-order valence-electron chi connectivity index (χ1n) is 5.38. The molecule has 2 nitrogen and oxygen atoms in total. The van der Waals surface area contributed by atoms with Gasteiger partial charge in [0.2, 0.25) is 0 Å². The third-order valence-corrected chi connectivity index (χ3v) is 3.07. The first-order valence-corrected chi connectivity index (χ1v) is 6.55. The van der Waals surface area contributed by atoms with Crippen LogP contribution in [0.2, 0.25) is 5.02 Å². The SMILES string of the molecule is CCOCC(C)NCc1ccc(Br)cc1Cl. The smallest absolute Gasteiger partial charge is 0.0616 e. The van der Waals surface area contributed by atoms with Gasteiger partial charge in [0.15, 0.2) is 0 Å². The van der Waals surface area contributed by atoms with Gasteiger partial charge in [-0.1, -0.05) is 33.6 Å². The van der Waals surface area contributed by atoms with Gasteiger partial charge in [0.1, 0.15) is 0 Å². The molecule has 1 N–H and O–H groups in total. The summed E-state index contributed by atoms with van der Waals surface area (Å²) in [5.41, 5.74) is 1.10. The summed E-state index contributed by atoms with van der Waals surface area (Å²) in [4.78, 5) is 0. The van der Waals surface area contributed by atoms with Crippen LogP contribution in [0.15, 0.2) is 22.7 Å². The molecule has 0 aromatic heterocycles. The van der Waals surface area contributed by atoms with Crippen molar-refractivity contribution in [2.75, 3.05) is 13.2 Å². The van der Waals surface area contributed by atoms with Crippen molar-refractivity contribution in [3.8, 4) is 0 Å². The van der Waals surface area contributed by atoms with Gasteiger partial charge in [-0.25, -0.2) is 0 Å². The number of rotatable bonds is 6. The third-order valence-electron chi connectivity index (χ3n) is 2.23. The standard InChI is InChI=1S/C12H17BrClNO/c1-3-16-8-9(2)15-7-10-4-5-11(13)6-12(10)14/h4-6,9,15H,3,7-8H2,1-2H3. The molecule has 0 aliphatic rings. The minimum absolute atomic E-state index is 0.333. The van der Waals surface area contributed by atoms with Gasteiger partial charge in [0.05, 0.1) is 6.61 Å². The predicted molar refractivity (Wildman–Crippen MR) is 71.9 cm³/mol. The fourth-order valence-corrected chi connectivity index (χ4v) is 2.04. The molecule has 0 aliphatic heterocycles. The highest BCUT2D eigenvalue weighted by Crippen LogP contribution is 2.21. The first kappa shape index (κ1) is 14.0. The van der Waals surface area contributed by atoms with Gasteiger partial charge in [-0.05, 0) is 31.5 Å². The van der Waals surface area contributed by atoms with Crippen LogP contribution >= 0.6 is 27.5 Å². The van der Waals surface area contributed by atoms with Crippen LogP contribution in [0.25, 0.3) is 0 Å². The number of halogens is 2. The average Bonchev–Trinajstić information content (AvgIpc) is 2.25. The lowest BCUT2D eigenvalue weighted by molar-refractivity contribution is 0.127. The van der Waals surface area contributed by atoms with E-state index in [4.69, 9.17) is 16.3 Å². The Labute approximate surface area is 110 Å². The zero-order valence-electron chi connectivity index (χ0n) is 9.59. The van der Waals surface area contributed by atoms with E-state index in [-0.39, 0.29) is 0 Å². The summed E-state index contributed by atoms with van der Waals surface area (Å²) in [6.07, 6.45) is 0. The van der Waals surface area contributed by atoms with E-state index in [1.807, 2.05) is 25.1 Å². The molecule has 0 radical (unpaired) electrons. The maximum Gasteiger partial charge on any atom is 0.0616 e. The molecule has 0 saturated carbocycles. The Morgan fingerprint density at radius 1 is 1.50 bits per heavy atom. The molecule has 1 rings (SSSR count). The predicted octanol–water partition coefficient (Wildman–Crippen LogP) is 3.62. The Morgan fingerprint density at radius 3 is 2.88 bits per heavy atom. The van der Waals surface area contributed by atoms with E-state index < -0.39 is 0 Å². The summed E-state index contributed by atoms with van der Waals surface area (Å²) < 4.78 is 6.33. The molecule has 0 fully saturated rings. The van der Waals surface area contributed by atoms with Crippen molar-refractivity contribution in [2.24, 2.45) is 0 Å². The fourth-order valence-electron chi connectivity index (χ4n) is 1.30. The van der Waals surface area contributed by atoms with E-state index in [2.05, 4.69) is 28.2 Å². The Kier molecular flexibility index (Phi) is 6.36. The Bertz CT molecular complexity index is 333. The molecule has 0 bridgehead atoms. The van der Waals surface area contributed by atoms with Crippen molar-refractivity contribution >= 4 is 27.5 Å². The van der Waals surface area contributed by atoms with Gasteiger partial charge in [-0.15, -0.1) is 0 Å². The lowest BCUT2D eigenvalue weighted by Gasteiger charge is -2.14. The maximum absolute atomic E-state index is 6.12. The molecule has 1 aromatic carbocycles. The van der Waals surface area contributed by atoms with Gasteiger partial charge < -0.3 is 10.1 Å². The second kappa shape index (κ2) is 7.28. The molecule has 4 heteroatoms. The number of nitrogens with one attached hydrogen (secondary N) is 1. The topological polar surface area (TPSA) is 21.3 Å². The summed E-state index contributed by atoms with van der Waals surface area (Å²) in [6, 6.07) is 6.26. The Morgan fingerprint density at radius 2 is 2.25 bits per heavy atom. The summed E-state index contributed by atoms with van der Waals surface area (Å²) in [6.45, 7) is 6.34. The second-order valence-electron chi connectivity index (χ2n) is 3.68. The van der Waals surface area contributed by atoms with Crippen LogP contribution in [0.5, 0.6) is 0 Å².